The van der Waals surface area contributed by atoms with Gasteiger partial charge >= 0.3 is 0 Å². The second kappa shape index (κ2) is 11.7. The van der Waals surface area contributed by atoms with Crippen molar-refractivity contribution in [3.8, 4) is 17.2 Å². The third-order valence-corrected chi connectivity index (χ3v) is 5.42. The van der Waals surface area contributed by atoms with Gasteiger partial charge in [-0.1, -0.05) is 23.5 Å². The zero-order chi connectivity index (χ0) is 21.5. The van der Waals surface area contributed by atoms with Gasteiger partial charge in [0.2, 0.25) is 0 Å². The molecule has 7 nitrogen and oxygen atoms in total. The zero-order valence-electron chi connectivity index (χ0n) is 18.2. The number of rotatable bonds is 10. The SMILES string of the molecule is CCOc1cccc2sc(N(CCN(C)C)C(=O)COc3cccc(OC)c3)nc12.Cl. The van der Waals surface area contributed by atoms with Crippen molar-refractivity contribution in [2.75, 3.05) is 52.4 Å². The van der Waals surface area contributed by atoms with Gasteiger partial charge in [0.25, 0.3) is 5.91 Å². The largest absolute Gasteiger partial charge is 0.497 e. The molecule has 9 heteroatoms. The quantitative estimate of drug-likeness (QED) is 0.449. The number of likely N-dealkylation sites (N-methyl/N-ethyl adjacent to an activating group) is 1. The van der Waals surface area contributed by atoms with E-state index < -0.39 is 0 Å². The van der Waals surface area contributed by atoms with Crippen LogP contribution in [0, 0.1) is 0 Å². The summed E-state index contributed by atoms with van der Waals surface area (Å²) in [4.78, 5) is 21.5. The number of para-hydroxylation sites is 1. The van der Waals surface area contributed by atoms with E-state index in [9.17, 15) is 4.79 Å². The summed E-state index contributed by atoms with van der Waals surface area (Å²) in [7, 11) is 5.54. The average Bonchev–Trinajstić information content (AvgIpc) is 3.17. The highest BCUT2D eigenvalue weighted by atomic mass is 35.5. The minimum Gasteiger partial charge on any atom is -0.497 e. The van der Waals surface area contributed by atoms with Crippen molar-refractivity contribution in [1.82, 2.24) is 9.88 Å². The number of carbonyl (C=O) groups excluding carboxylic acids is 1. The molecule has 3 aromatic rings. The topological polar surface area (TPSA) is 64.1 Å². The summed E-state index contributed by atoms with van der Waals surface area (Å²) in [5.41, 5.74) is 0.774. The number of thiazole rings is 1. The molecule has 0 spiro atoms. The molecule has 0 radical (unpaired) electrons. The number of hydrogen-bond donors (Lipinski definition) is 0. The number of aromatic nitrogens is 1. The minimum absolute atomic E-state index is 0. The molecule has 0 bridgehead atoms. The number of hydrogen-bond acceptors (Lipinski definition) is 7. The predicted molar refractivity (Wildman–Crippen MR) is 127 cm³/mol. The molecular weight excluding hydrogens is 438 g/mol. The van der Waals surface area contributed by atoms with Crippen LogP contribution in [0.4, 0.5) is 5.13 Å². The molecule has 2 aromatic carbocycles. The Kier molecular flexibility index (Phi) is 9.36. The molecule has 0 saturated heterocycles. The molecule has 1 heterocycles. The Bertz CT molecular complexity index is 996. The van der Waals surface area contributed by atoms with Gasteiger partial charge in [-0.05, 0) is 45.3 Å². The second-order valence-corrected chi connectivity index (χ2v) is 7.86. The van der Waals surface area contributed by atoms with Gasteiger partial charge in [0.1, 0.15) is 22.8 Å². The summed E-state index contributed by atoms with van der Waals surface area (Å²) in [6, 6.07) is 13.0. The van der Waals surface area contributed by atoms with E-state index in [1.807, 2.05) is 56.3 Å². The summed E-state index contributed by atoms with van der Waals surface area (Å²) in [6.45, 7) is 3.63. The van der Waals surface area contributed by atoms with Crippen molar-refractivity contribution in [3.63, 3.8) is 0 Å². The molecule has 0 fully saturated rings. The van der Waals surface area contributed by atoms with Crippen LogP contribution in [0.15, 0.2) is 42.5 Å². The lowest BCUT2D eigenvalue weighted by Gasteiger charge is -2.22. The third kappa shape index (κ3) is 6.46. The van der Waals surface area contributed by atoms with Gasteiger partial charge < -0.3 is 19.1 Å². The number of fused-ring (bicyclic) bond motifs is 1. The molecule has 0 saturated carbocycles. The van der Waals surface area contributed by atoms with Gasteiger partial charge in [-0.3, -0.25) is 9.69 Å². The van der Waals surface area contributed by atoms with Crippen molar-refractivity contribution in [2.24, 2.45) is 0 Å². The Morgan fingerprint density at radius 3 is 2.52 bits per heavy atom. The number of amides is 1. The van der Waals surface area contributed by atoms with E-state index in [0.717, 1.165) is 16.0 Å². The number of halogens is 1. The maximum Gasteiger partial charge on any atom is 0.266 e. The number of nitrogens with zero attached hydrogens (tertiary/aromatic N) is 3. The second-order valence-electron chi connectivity index (χ2n) is 6.85. The van der Waals surface area contributed by atoms with Crippen molar-refractivity contribution >= 4 is 45.0 Å². The number of ether oxygens (including phenoxy) is 3. The molecule has 0 aliphatic rings. The molecule has 1 aromatic heterocycles. The zero-order valence-corrected chi connectivity index (χ0v) is 19.8. The van der Waals surface area contributed by atoms with Crippen LogP contribution in [0.3, 0.4) is 0 Å². The Labute approximate surface area is 192 Å². The lowest BCUT2D eigenvalue weighted by Crippen LogP contribution is -2.39. The molecule has 0 atom stereocenters. The van der Waals surface area contributed by atoms with Crippen LogP contribution in [-0.4, -0.2) is 63.3 Å². The van der Waals surface area contributed by atoms with Crippen LogP contribution in [0.25, 0.3) is 10.2 Å². The Hall–Kier alpha value is -2.55. The first kappa shape index (κ1) is 24.7. The van der Waals surface area contributed by atoms with Gasteiger partial charge in [-0.15, -0.1) is 12.4 Å². The predicted octanol–water partition coefficient (Wildman–Crippen LogP) is 4.10. The van der Waals surface area contributed by atoms with Gasteiger partial charge in [-0.25, -0.2) is 4.98 Å². The van der Waals surface area contributed by atoms with E-state index in [4.69, 9.17) is 19.2 Å². The van der Waals surface area contributed by atoms with E-state index in [2.05, 4.69) is 0 Å². The number of carbonyl (C=O) groups is 1. The first-order valence-electron chi connectivity index (χ1n) is 9.76. The summed E-state index contributed by atoms with van der Waals surface area (Å²) in [5, 5.41) is 0.637. The Morgan fingerprint density at radius 2 is 1.81 bits per heavy atom. The van der Waals surface area contributed by atoms with Crippen molar-refractivity contribution in [2.45, 2.75) is 6.92 Å². The lowest BCUT2D eigenvalue weighted by molar-refractivity contribution is -0.120. The summed E-state index contributed by atoms with van der Waals surface area (Å²) >= 11 is 1.47. The van der Waals surface area contributed by atoms with Crippen LogP contribution in [0.1, 0.15) is 6.92 Å². The van der Waals surface area contributed by atoms with Crippen molar-refractivity contribution in [1.29, 1.82) is 0 Å². The third-order valence-electron chi connectivity index (χ3n) is 4.38. The highest BCUT2D eigenvalue weighted by Crippen LogP contribution is 2.34. The molecule has 0 unspecified atom stereocenters. The van der Waals surface area contributed by atoms with Gasteiger partial charge in [-0.2, -0.15) is 0 Å². The smallest absolute Gasteiger partial charge is 0.266 e. The lowest BCUT2D eigenvalue weighted by atomic mass is 10.3. The average molecular weight is 466 g/mol. The monoisotopic (exact) mass is 465 g/mol. The molecule has 0 aliphatic carbocycles. The molecule has 0 N–H and O–H groups in total. The van der Waals surface area contributed by atoms with Crippen molar-refractivity contribution < 1.29 is 19.0 Å². The van der Waals surface area contributed by atoms with E-state index in [-0.39, 0.29) is 24.9 Å². The van der Waals surface area contributed by atoms with Gasteiger partial charge in [0, 0.05) is 19.2 Å². The maximum atomic E-state index is 13.1. The van der Waals surface area contributed by atoms with Crippen LogP contribution >= 0.6 is 23.7 Å². The van der Waals surface area contributed by atoms with E-state index in [1.165, 1.54) is 11.3 Å². The summed E-state index contributed by atoms with van der Waals surface area (Å²) in [6.07, 6.45) is 0. The molecule has 3 rings (SSSR count). The molecular formula is C22H28ClN3O4S. The standard InChI is InChI=1S/C22H27N3O4S.ClH/c1-5-28-18-10-7-11-19-21(18)23-22(30-19)25(13-12-24(2)3)20(26)15-29-17-9-6-8-16(14-17)27-4;/h6-11,14H,5,12-13,15H2,1-4H3;1H. The minimum atomic E-state index is -0.156. The molecule has 0 aliphatic heterocycles. The first-order chi connectivity index (χ1) is 14.5. The van der Waals surface area contributed by atoms with Crippen molar-refractivity contribution in [3.05, 3.63) is 42.5 Å². The van der Waals surface area contributed by atoms with E-state index in [0.29, 0.717) is 36.3 Å². The summed E-state index contributed by atoms with van der Waals surface area (Å²) < 4.78 is 17.6. The van der Waals surface area contributed by atoms with E-state index in [1.54, 1.807) is 24.1 Å². The molecule has 1 amide bonds. The first-order valence-corrected chi connectivity index (χ1v) is 10.6. The number of anilines is 1. The Morgan fingerprint density at radius 1 is 1.06 bits per heavy atom. The van der Waals surface area contributed by atoms with Crippen LogP contribution in [0.5, 0.6) is 17.2 Å². The fourth-order valence-electron chi connectivity index (χ4n) is 2.84. The highest BCUT2D eigenvalue weighted by Gasteiger charge is 2.21. The maximum absolute atomic E-state index is 13.1. The van der Waals surface area contributed by atoms with Crippen LogP contribution < -0.4 is 19.1 Å². The fourth-order valence-corrected chi connectivity index (χ4v) is 3.87. The van der Waals surface area contributed by atoms with E-state index >= 15 is 0 Å². The molecule has 31 heavy (non-hydrogen) atoms. The number of benzene rings is 2. The highest BCUT2D eigenvalue weighted by molar-refractivity contribution is 7.22. The fraction of sp³-hybridized carbons (Fsp3) is 0.364. The normalized spacial score (nSPS) is 10.6. The number of methoxy groups -OCH3 is 1. The molecule has 168 valence electrons. The van der Waals surface area contributed by atoms with Crippen LogP contribution in [-0.2, 0) is 4.79 Å². The van der Waals surface area contributed by atoms with Gasteiger partial charge in [0.15, 0.2) is 11.7 Å². The summed E-state index contributed by atoms with van der Waals surface area (Å²) in [5.74, 6) is 1.83. The van der Waals surface area contributed by atoms with Gasteiger partial charge in [0.05, 0.1) is 18.4 Å². The van der Waals surface area contributed by atoms with Crippen LogP contribution in [0.2, 0.25) is 0 Å². The Balaban J connectivity index is 0.00000341.